The number of nitrogens with two attached hydrogens (primary N) is 1. The predicted octanol–water partition coefficient (Wildman–Crippen LogP) is 0.576. The van der Waals surface area contributed by atoms with Gasteiger partial charge >= 0.3 is 0 Å². The van der Waals surface area contributed by atoms with Crippen LogP contribution < -0.4 is 11.1 Å². The van der Waals surface area contributed by atoms with Gasteiger partial charge in [0.05, 0.1) is 0 Å². The highest BCUT2D eigenvalue weighted by Crippen LogP contribution is 1.96. The van der Waals surface area contributed by atoms with Crippen LogP contribution in [0.1, 0.15) is 25.7 Å². The highest BCUT2D eigenvalue weighted by Gasteiger charge is 1.86. The molecule has 0 aromatic heterocycles. The van der Waals surface area contributed by atoms with Crippen molar-refractivity contribution in [1.29, 1.82) is 5.26 Å². The number of nitriles is 1. The van der Waals surface area contributed by atoms with Gasteiger partial charge in [-0.05, 0) is 19.4 Å². The minimum Gasteiger partial charge on any atom is -0.330 e. The third kappa shape index (κ3) is 7.25. The van der Waals surface area contributed by atoms with Crippen LogP contribution in [0.3, 0.4) is 0 Å². The van der Waals surface area contributed by atoms with Crippen molar-refractivity contribution in [2.45, 2.75) is 25.7 Å². The lowest BCUT2D eigenvalue weighted by atomic mass is 10.2. The molecular weight excluding hydrogens is 126 g/mol. The summed E-state index contributed by atoms with van der Waals surface area (Å²) in [5, 5.41) is 10.7. The summed E-state index contributed by atoms with van der Waals surface area (Å²) < 4.78 is 0. The molecule has 0 spiro atoms. The van der Waals surface area contributed by atoms with Gasteiger partial charge < -0.3 is 11.1 Å². The fraction of sp³-hybridized carbons (Fsp3) is 0.857. The lowest BCUT2D eigenvalue weighted by Crippen LogP contribution is -2.06. The fourth-order valence-corrected chi connectivity index (χ4v) is 0.767. The molecule has 0 radical (unpaired) electrons. The van der Waals surface area contributed by atoms with Crippen LogP contribution >= 0.6 is 0 Å². The van der Waals surface area contributed by atoms with E-state index in [9.17, 15) is 0 Å². The van der Waals surface area contributed by atoms with E-state index in [4.69, 9.17) is 11.0 Å². The first-order valence-electron chi connectivity index (χ1n) is 3.74. The summed E-state index contributed by atoms with van der Waals surface area (Å²) in [6, 6.07) is 0. The van der Waals surface area contributed by atoms with Crippen molar-refractivity contribution < 1.29 is 0 Å². The Morgan fingerprint density at radius 3 is 2.50 bits per heavy atom. The van der Waals surface area contributed by atoms with Gasteiger partial charge in [0, 0.05) is 6.54 Å². The van der Waals surface area contributed by atoms with E-state index in [-0.39, 0.29) is 0 Å². The standard InChI is InChI=1S/C7H15N3/c8-5-3-1-2-4-6-10-7-9/h10H,1-6,8H2. The van der Waals surface area contributed by atoms with Gasteiger partial charge in [-0.25, -0.2) is 0 Å². The van der Waals surface area contributed by atoms with Gasteiger partial charge in [0.25, 0.3) is 0 Å². The first kappa shape index (κ1) is 9.25. The highest BCUT2D eigenvalue weighted by atomic mass is 14.8. The Kier molecular flexibility index (Phi) is 7.63. The zero-order valence-corrected chi connectivity index (χ0v) is 6.27. The average molecular weight is 141 g/mol. The van der Waals surface area contributed by atoms with E-state index in [0.717, 1.165) is 25.9 Å². The fourth-order valence-electron chi connectivity index (χ4n) is 0.767. The van der Waals surface area contributed by atoms with E-state index in [0.29, 0.717) is 0 Å². The van der Waals surface area contributed by atoms with E-state index >= 15 is 0 Å². The molecule has 10 heavy (non-hydrogen) atoms. The van der Waals surface area contributed by atoms with Crippen molar-refractivity contribution in [3.63, 3.8) is 0 Å². The van der Waals surface area contributed by atoms with Crippen LogP contribution in [0.2, 0.25) is 0 Å². The van der Waals surface area contributed by atoms with Gasteiger partial charge in [0.15, 0.2) is 6.19 Å². The molecule has 3 heteroatoms. The number of hydrogen-bond acceptors (Lipinski definition) is 3. The van der Waals surface area contributed by atoms with Gasteiger partial charge in [-0.3, -0.25) is 0 Å². The van der Waals surface area contributed by atoms with E-state index in [1.54, 1.807) is 0 Å². The number of hydrogen-bond donors (Lipinski definition) is 2. The molecule has 3 N–H and O–H groups in total. The molecular formula is C7H15N3. The van der Waals surface area contributed by atoms with Crippen LogP contribution in [-0.2, 0) is 0 Å². The molecule has 0 aromatic carbocycles. The van der Waals surface area contributed by atoms with Crippen molar-refractivity contribution >= 4 is 0 Å². The second kappa shape index (κ2) is 8.25. The van der Waals surface area contributed by atoms with Crippen molar-refractivity contribution in [1.82, 2.24) is 5.32 Å². The number of unbranched alkanes of at least 4 members (excludes halogenated alkanes) is 3. The molecule has 58 valence electrons. The molecule has 0 rings (SSSR count). The van der Waals surface area contributed by atoms with Crippen LogP contribution in [-0.4, -0.2) is 13.1 Å². The summed E-state index contributed by atoms with van der Waals surface area (Å²) in [4.78, 5) is 0. The SMILES string of the molecule is N#CNCCCCCCN. The summed E-state index contributed by atoms with van der Waals surface area (Å²) >= 11 is 0. The Morgan fingerprint density at radius 2 is 1.90 bits per heavy atom. The minimum absolute atomic E-state index is 0.783. The van der Waals surface area contributed by atoms with Gasteiger partial charge in [-0.15, -0.1) is 0 Å². The third-order valence-corrected chi connectivity index (χ3v) is 1.33. The second-order valence-corrected chi connectivity index (χ2v) is 2.24. The van der Waals surface area contributed by atoms with E-state index < -0.39 is 0 Å². The van der Waals surface area contributed by atoms with Crippen molar-refractivity contribution in [3.05, 3.63) is 0 Å². The lowest BCUT2D eigenvalue weighted by molar-refractivity contribution is 0.633. The summed E-state index contributed by atoms with van der Waals surface area (Å²) in [6.07, 6.45) is 6.42. The predicted molar refractivity (Wildman–Crippen MR) is 41.1 cm³/mol. The van der Waals surface area contributed by atoms with Gasteiger partial charge in [-0.2, -0.15) is 5.26 Å². The molecule has 0 fully saturated rings. The normalized spacial score (nSPS) is 8.80. The Balaban J connectivity index is 2.72. The number of rotatable bonds is 6. The van der Waals surface area contributed by atoms with Gasteiger partial charge in [0.2, 0.25) is 0 Å². The van der Waals surface area contributed by atoms with Crippen molar-refractivity contribution in [3.8, 4) is 6.19 Å². The van der Waals surface area contributed by atoms with Gasteiger partial charge in [0.1, 0.15) is 0 Å². The molecule has 0 heterocycles. The molecule has 0 aliphatic heterocycles. The van der Waals surface area contributed by atoms with Gasteiger partial charge in [-0.1, -0.05) is 12.8 Å². The third-order valence-electron chi connectivity index (χ3n) is 1.33. The summed E-state index contributed by atoms with van der Waals surface area (Å²) in [7, 11) is 0. The summed E-state index contributed by atoms with van der Waals surface area (Å²) in [5.41, 5.74) is 5.30. The first-order valence-corrected chi connectivity index (χ1v) is 3.74. The molecule has 0 saturated carbocycles. The molecule has 0 aromatic rings. The Morgan fingerprint density at radius 1 is 1.20 bits per heavy atom. The Hall–Kier alpha value is -0.750. The highest BCUT2D eigenvalue weighted by molar-refractivity contribution is 4.63. The summed E-state index contributed by atoms with van der Waals surface area (Å²) in [5.74, 6) is 0. The van der Waals surface area contributed by atoms with E-state index in [2.05, 4.69) is 5.32 Å². The number of nitrogens with zero attached hydrogens (tertiary/aromatic N) is 1. The zero-order valence-electron chi connectivity index (χ0n) is 6.27. The Bertz CT molecular complexity index is 95.5. The lowest BCUT2D eigenvalue weighted by Gasteiger charge is -1.96. The van der Waals surface area contributed by atoms with Crippen LogP contribution in [0.15, 0.2) is 0 Å². The molecule has 0 bridgehead atoms. The monoisotopic (exact) mass is 141 g/mol. The minimum atomic E-state index is 0.783. The second-order valence-electron chi connectivity index (χ2n) is 2.24. The first-order chi connectivity index (χ1) is 4.91. The maximum absolute atomic E-state index is 8.09. The molecule has 0 aliphatic rings. The van der Waals surface area contributed by atoms with Crippen molar-refractivity contribution in [2.75, 3.05) is 13.1 Å². The van der Waals surface area contributed by atoms with Crippen LogP contribution in [0.25, 0.3) is 0 Å². The zero-order chi connectivity index (χ0) is 7.66. The van der Waals surface area contributed by atoms with Crippen LogP contribution in [0.4, 0.5) is 0 Å². The van der Waals surface area contributed by atoms with Crippen molar-refractivity contribution in [2.24, 2.45) is 5.73 Å². The maximum atomic E-state index is 8.09. The smallest absolute Gasteiger partial charge is 0.176 e. The van der Waals surface area contributed by atoms with E-state index in [1.165, 1.54) is 12.8 Å². The Labute approximate surface area is 62.2 Å². The topological polar surface area (TPSA) is 61.8 Å². The van der Waals surface area contributed by atoms with E-state index in [1.807, 2.05) is 6.19 Å². The molecule has 0 amide bonds. The molecule has 0 aliphatic carbocycles. The molecule has 0 unspecified atom stereocenters. The maximum Gasteiger partial charge on any atom is 0.176 e. The quantitative estimate of drug-likeness (QED) is 0.323. The molecule has 0 saturated heterocycles. The van der Waals surface area contributed by atoms with Crippen LogP contribution in [0, 0.1) is 11.5 Å². The van der Waals surface area contributed by atoms with Crippen LogP contribution in [0.5, 0.6) is 0 Å². The molecule has 3 nitrogen and oxygen atoms in total. The molecule has 0 atom stereocenters. The average Bonchev–Trinajstić information content (AvgIpc) is 1.97. The largest absolute Gasteiger partial charge is 0.330 e. The summed E-state index contributed by atoms with van der Waals surface area (Å²) in [6.45, 7) is 1.59. The number of nitrogens with one attached hydrogen (secondary N) is 1.